The average Bonchev–Trinajstić information content (AvgIpc) is 1.62. The van der Waals surface area contributed by atoms with Crippen LogP contribution in [0.15, 0.2) is 121 Å². The minimum atomic E-state index is -0.470. The minimum absolute atomic E-state index is 0. The summed E-state index contributed by atoms with van der Waals surface area (Å²) in [5.41, 5.74) is 7.35. The van der Waals surface area contributed by atoms with Gasteiger partial charge in [0.2, 0.25) is 23.6 Å². The number of hydrogen-bond donors (Lipinski definition) is 2. The van der Waals surface area contributed by atoms with Gasteiger partial charge in [-0.05, 0) is 109 Å². The van der Waals surface area contributed by atoms with Gasteiger partial charge in [-0.25, -0.2) is 14.7 Å². The molecule has 8 aliphatic heterocycles. The molecular weight excluding hydrogens is 1190 g/mol. The zero-order chi connectivity index (χ0) is 64.7. The van der Waals surface area contributed by atoms with Crippen molar-refractivity contribution in [2.75, 3.05) is 152 Å². The first-order valence-electron chi connectivity index (χ1n) is 34.8. The number of aliphatic hydroxyl groups is 1. The van der Waals surface area contributed by atoms with Crippen LogP contribution in [0.2, 0.25) is 0 Å². The van der Waals surface area contributed by atoms with E-state index in [-0.39, 0.29) is 60.4 Å². The number of halogens is 1. The number of nitrogens with zero attached hydrogens (tertiary/aromatic N) is 12. The van der Waals surface area contributed by atoms with Crippen LogP contribution in [0.25, 0.3) is 0 Å². The molecule has 8 heterocycles. The Bertz CT molecular complexity index is 2740. The lowest BCUT2D eigenvalue weighted by Crippen LogP contribution is -3.00. The van der Waals surface area contributed by atoms with E-state index in [4.69, 9.17) is 0 Å². The van der Waals surface area contributed by atoms with E-state index >= 15 is 0 Å². The number of hydrogen-bond acceptors (Lipinski definition) is 12. The maximum absolute atomic E-state index is 13.6. The molecule has 4 saturated carbocycles. The number of aliphatic hydroxyl groups excluding tert-OH is 1. The highest BCUT2D eigenvalue weighted by Gasteiger charge is 2.67. The lowest BCUT2D eigenvalue weighted by atomic mass is 9.90. The second-order valence-corrected chi connectivity index (χ2v) is 27.7. The van der Waals surface area contributed by atoms with Crippen LogP contribution in [0.4, 0.5) is 0 Å². The van der Waals surface area contributed by atoms with Gasteiger partial charge < -0.3 is 42.8 Å². The van der Waals surface area contributed by atoms with Gasteiger partial charge in [-0.1, -0.05) is 142 Å². The summed E-state index contributed by atoms with van der Waals surface area (Å²) in [5, 5.41) is 9.41. The molecular formula is C74H115ClN13O5+. The Labute approximate surface area is 564 Å². The summed E-state index contributed by atoms with van der Waals surface area (Å²) in [4.78, 5) is 77.2. The third-order valence-corrected chi connectivity index (χ3v) is 22.1. The van der Waals surface area contributed by atoms with Gasteiger partial charge in [-0.3, -0.25) is 43.3 Å². The number of quaternary nitrogens is 2. The molecule has 93 heavy (non-hydrogen) atoms. The third-order valence-electron chi connectivity index (χ3n) is 22.1. The molecule has 8 unspecified atom stereocenters. The van der Waals surface area contributed by atoms with Crippen LogP contribution in [0.3, 0.4) is 0 Å². The highest BCUT2D eigenvalue weighted by atomic mass is 35.5. The Kier molecular flexibility index (Phi) is 25.0. The van der Waals surface area contributed by atoms with Crippen LogP contribution < -0.4 is 18.1 Å². The molecule has 16 rings (SSSR count). The van der Waals surface area contributed by atoms with Gasteiger partial charge in [0.05, 0.1) is 94.8 Å². The van der Waals surface area contributed by atoms with Crippen LogP contribution in [0.1, 0.15) is 124 Å². The van der Waals surface area contributed by atoms with Gasteiger partial charge >= 0.3 is 0 Å². The number of carbonyl (C=O) groups is 4. The van der Waals surface area contributed by atoms with Gasteiger partial charge in [-0.15, -0.1) is 0 Å². The predicted octanol–water partition coefficient (Wildman–Crippen LogP) is 4.02. The smallest absolute Gasteiger partial charge is 0.233 e. The molecule has 0 spiro atoms. The molecule has 18 nitrogen and oxygen atoms in total. The first kappa shape index (κ1) is 73.5. The largest absolute Gasteiger partial charge is 1.00 e. The summed E-state index contributed by atoms with van der Waals surface area (Å²) < 4.78 is 1.12. The third kappa shape index (κ3) is 14.8. The summed E-state index contributed by atoms with van der Waals surface area (Å²) in [6.07, 6.45) is 4.83. The fourth-order valence-electron chi connectivity index (χ4n) is 17.2. The number of rotatable bonds is 21. The Morgan fingerprint density at radius 2 is 0.634 bits per heavy atom. The fraction of sp³-hybridized carbons (Fsp3) is 0.622. The molecule has 0 aromatic heterocycles. The molecule has 4 N–H and O–H groups in total. The number of carbonyl (C=O) groups excluding carboxylic acids is 4. The Hall–Kier alpha value is -5.35. The van der Waals surface area contributed by atoms with Gasteiger partial charge in [0.15, 0.2) is 0 Å². The normalized spacial score (nSPS) is 33.3. The summed E-state index contributed by atoms with van der Waals surface area (Å²) >= 11 is 0. The first-order valence-corrected chi connectivity index (χ1v) is 34.8. The molecule has 4 aromatic carbocycles. The molecule has 4 aromatic rings. The zero-order valence-corrected chi connectivity index (χ0v) is 57.9. The predicted molar refractivity (Wildman–Crippen MR) is 365 cm³/mol. The van der Waals surface area contributed by atoms with Crippen molar-refractivity contribution >= 4 is 23.6 Å². The van der Waals surface area contributed by atoms with Crippen molar-refractivity contribution in [1.29, 1.82) is 0 Å². The fourth-order valence-corrected chi connectivity index (χ4v) is 17.2. The first-order chi connectivity index (χ1) is 44.1. The standard InChI is InChI=1S/C21H32N5O.C16H23NO.C15H22N2O.C15H21NO2.C6H12N4.CH4.ClH/c1-3-25(4-2)20(27)21(18-8-6-5-7-9-18)10-19(21)11-26-15-22-12-23(16-26)14-24(13-22)17-26;1-4-13-12-16(13,14-10-8-7-9-11-14)15(18)17(5-2)6-3;1-3-17(4-2)14(18)15(10-13(15)11-16)12-8-6-5-7-9-12;1-3-16(4-2)14(18)15(10-13(15)11-17)12-8-6-5-7-9-12;1-7-2-9-4-8(1)5-10(3-7)6-9;;/h5-9,19H,3-4,10-17H2,1-2H3;7-11,13H,4-6,12H2,1-3H3;5-9,13H,3-4,10-11,16H2,1-2H3;5-9,13,17H,3-4,10-11H2,1-2H3;1-6H2;1H4;1H/q+1;;;;;;. The van der Waals surface area contributed by atoms with E-state index in [2.05, 4.69) is 129 Å². The lowest BCUT2D eigenvalue weighted by Gasteiger charge is -2.61. The van der Waals surface area contributed by atoms with Crippen molar-refractivity contribution in [3.8, 4) is 0 Å². The molecule has 8 atom stereocenters. The van der Waals surface area contributed by atoms with Crippen LogP contribution in [0.5, 0.6) is 0 Å². The molecule has 8 bridgehead atoms. The number of benzene rings is 4. The average molecular weight is 1300 g/mol. The highest BCUT2D eigenvalue weighted by molar-refractivity contribution is 5.94. The second-order valence-electron chi connectivity index (χ2n) is 27.7. The van der Waals surface area contributed by atoms with E-state index in [9.17, 15) is 24.3 Å². The quantitative estimate of drug-likeness (QED) is 0.116. The van der Waals surface area contributed by atoms with E-state index in [1.54, 1.807) is 0 Å². The van der Waals surface area contributed by atoms with Crippen molar-refractivity contribution < 1.29 is 46.9 Å². The molecule has 0 radical (unpaired) electrons. The van der Waals surface area contributed by atoms with Crippen molar-refractivity contribution in [3.05, 3.63) is 144 Å². The number of likely N-dealkylation sites (N-methyl/N-ethyl adjacent to an activating group) is 4. The van der Waals surface area contributed by atoms with Gasteiger partial charge in [-0.2, -0.15) is 0 Å². The highest BCUT2D eigenvalue weighted by Crippen LogP contribution is 2.59. The van der Waals surface area contributed by atoms with E-state index < -0.39 is 5.41 Å². The Balaban J connectivity index is 0.000000153. The molecule has 4 aliphatic carbocycles. The zero-order valence-electron chi connectivity index (χ0n) is 57.2. The second kappa shape index (κ2) is 31.7. The Morgan fingerprint density at radius 1 is 0.398 bits per heavy atom. The number of amides is 4. The monoisotopic (exact) mass is 1300 g/mol. The Morgan fingerprint density at radius 3 is 0.871 bits per heavy atom. The van der Waals surface area contributed by atoms with Crippen LogP contribution in [-0.2, 0) is 40.8 Å². The van der Waals surface area contributed by atoms with Gasteiger partial charge in [0.1, 0.15) is 20.0 Å². The van der Waals surface area contributed by atoms with Crippen LogP contribution >= 0.6 is 0 Å². The molecule has 12 fully saturated rings. The molecule has 8 saturated heterocycles. The molecule has 12 aliphatic rings. The van der Waals surface area contributed by atoms with Gasteiger partial charge in [0.25, 0.3) is 0 Å². The van der Waals surface area contributed by atoms with Gasteiger partial charge in [0, 0.05) is 76.7 Å². The van der Waals surface area contributed by atoms with Crippen LogP contribution in [0, 0.1) is 23.7 Å². The summed E-state index contributed by atoms with van der Waals surface area (Å²) in [5.74, 6) is 2.58. The maximum Gasteiger partial charge on any atom is 0.233 e. The van der Waals surface area contributed by atoms with Crippen LogP contribution in [-0.4, -0.2) is 239 Å². The minimum Gasteiger partial charge on any atom is -1.00 e. The van der Waals surface area contributed by atoms with Crippen molar-refractivity contribution in [2.24, 2.45) is 23.7 Å². The topological polar surface area (TPSA) is 152 Å². The molecule has 512 valence electrons. The summed E-state index contributed by atoms with van der Waals surface area (Å²) in [6, 6.07) is 40.9. The molecule has 4 amide bonds. The lowest BCUT2D eigenvalue weighted by molar-refractivity contribution is -0.981. The SMILES string of the molecule is C.C1N2CN3CN1CN(C2)C3.CCC1CC1(C(=O)N(CC)CC)c1ccccc1.CCN(CC)C(=O)C1(c2ccccc2)CC1CO.CCN(CC)C(=O)C1(c2ccccc2)CC1C[N+]12CN3CN(CN(C3)C1)C2.CCN(CC)C(=O)C1(c2ccccc2)CC1C[NH3+].[Cl-]. The van der Waals surface area contributed by atoms with Crippen molar-refractivity contribution in [2.45, 2.75) is 124 Å². The maximum atomic E-state index is 13.6. The van der Waals surface area contributed by atoms with E-state index in [1.807, 2.05) is 114 Å². The van der Waals surface area contributed by atoms with E-state index in [0.29, 0.717) is 29.6 Å². The van der Waals surface area contributed by atoms with E-state index in [1.165, 1.54) is 51.1 Å². The van der Waals surface area contributed by atoms with Crippen molar-refractivity contribution in [1.82, 2.24) is 53.9 Å². The molecule has 19 heteroatoms. The summed E-state index contributed by atoms with van der Waals surface area (Å²) in [6.45, 7) is 40.7. The summed E-state index contributed by atoms with van der Waals surface area (Å²) in [7, 11) is 0. The van der Waals surface area contributed by atoms with E-state index in [0.717, 1.165) is 153 Å². The van der Waals surface area contributed by atoms with Crippen molar-refractivity contribution in [3.63, 3.8) is 0 Å².